The van der Waals surface area contributed by atoms with Crippen molar-refractivity contribution in [1.82, 2.24) is 9.88 Å². The van der Waals surface area contributed by atoms with Gasteiger partial charge in [-0.2, -0.15) is 0 Å². The Morgan fingerprint density at radius 3 is 2.44 bits per heavy atom. The van der Waals surface area contributed by atoms with Gasteiger partial charge in [-0.3, -0.25) is 9.59 Å². The number of hydrogen-bond donors (Lipinski definition) is 1. The maximum atomic E-state index is 12.7. The van der Waals surface area contributed by atoms with Gasteiger partial charge in [-0.05, 0) is 61.2 Å². The summed E-state index contributed by atoms with van der Waals surface area (Å²) in [6.07, 6.45) is 3.23. The number of aryl methyl sites for hydroxylation is 1. The minimum atomic E-state index is -0.262. The second-order valence-electron chi connectivity index (χ2n) is 8.42. The minimum Gasteiger partial charge on any atom is -0.489 e. The Hall–Kier alpha value is -3.87. The molecule has 2 amide bonds. The molecule has 0 saturated carbocycles. The van der Waals surface area contributed by atoms with Crippen molar-refractivity contribution in [1.29, 1.82) is 0 Å². The van der Waals surface area contributed by atoms with Crippen LogP contribution in [0.4, 0.5) is 5.82 Å². The second-order valence-corrected chi connectivity index (χ2v) is 8.42. The van der Waals surface area contributed by atoms with Crippen LogP contribution in [0.15, 0.2) is 72.9 Å². The SMILES string of the molecule is Cc1ccc(NC(=O)[C@H]2CCCN(C(=O)COc3ccc(OCc4ccccc4)cc3)C2)nc1. The Bertz CT molecular complexity index is 1090. The molecule has 1 N–H and O–H groups in total. The van der Waals surface area contributed by atoms with E-state index in [0.717, 1.165) is 29.7 Å². The number of carbonyl (C=O) groups is 2. The fourth-order valence-electron chi connectivity index (χ4n) is 3.80. The Morgan fingerprint density at radius 2 is 1.74 bits per heavy atom. The Morgan fingerprint density at radius 1 is 1.00 bits per heavy atom. The van der Waals surface area contributed by atoms with Gasteiger partial charge in [0.25, 0.3) is 5.91 Å². The molecule has 0 aliphatic carbocycles. The number of pyridine rings is 1. The lowest BCUT2D eigenvalue weighted by molar-refractivity contribution is -0.136. The van der Waals surface area contributed by atoms with Crippen LogP contribution < -0.4 is 14.8 Å². The van der Waals surface area contributed by atoms with Crippen LogP contribution in [-0.4, -0.2) is 41.4 Å². The van der Waals surface area contributed by atoms with Crippen molar-refractivity contribution >= 4 is 17.6 Å². The van der Waals surface area contributed by atoms with E-state index in [4.69, 9.17) is 9.47 Å². The lowest BCUT2D eigenvalue weighted by Crippen LogP contribution is -2.45. The number of rotatable bonds is 8. The van der Waals surface area contributed by atoms with Crippen LogP contribution in [-0.2, 0) is 16.2 Å². The molecule has 34 heavy (non-hydrogen) atoms. The fourth-order valence-corrected chi connectivity index (χ4v) is 3.80. The number of hydrogen-bond acceptors (Lipinski definition) is 5. The van der Waals surface area contributed by atoms with Gasteiger partial charge in [0.05, 0.1) is 5.92 Å². The predicted octanol–water partition coefficient (Wildman–Crippen LogP) is 4.23. The Kier molecular flexibility index (Phi) is 7.75. The molecule has 1 aliphatic rings. The number of likely N-dealkylation sites (tertiary alicyclic amines) is 1. The molecular formula is C27H29N3O4. The van der Waals surface area contributed by atoms with Gasteiger partial charge in [0.1, 0.15) is 23.9 Å². The monoisotopic (exact) mass is 459 g/mol. The van der Waals surface area contributed by atoms with Gasteiger partial charge < -0.3 is 19.7 Å². The van der Waals surface area contributed by atoms with E-state index in [0.29, 0.717) is 31.3 Å². The lowest BCUT2D eigenvalue weighted by Gasteiger charge is -2.32. The standard InChI is InChI=1S/C27H29N3O4/c1-20-9-14-25(28-16-20)29-27(32)22-8-5-15-30(17-22)26(31)19-34-24-12-10-23(11-13-24)33-18-21-6-3-2-4-7-21/h2-4,6-7,9-14,16,22H,5,8,15,17-19H2,1H3,(H,28,29,32)/t22-/m0/s1. The highest BCUT2D eigenvalue weighted by molar-refractivity contribution is 5.92. The summed E-state index contributed by atoms with van der Waals surface area (Å²) in [5.41, 5.74) is 2.12. The van der Waals surface area contributed by atoms with Crippen molar-refractivity contribution in [2.24, 2.45) is 5.92 Å². The first-order valence-electron chi connectivity index (χ1n) is 11.5. The molecule has 0 bridgehead atoms. The van der Waals surface area contributed by atoms with Gasteiger partial charge >= 0.3 is 0 Å². The molecule has 7 heteroatoms. The summed E-state index contributed by atoms with van der Waals surface area (Å²) >= 11 is 0. The molecule has 1 aromatic heterocycles. The number of amides is 2. The van der Waals surface area contributed by atoms with E-state index < -0.39 is 0 Å². The first-order chi connectivity index (χ1) is 16.6. The third-order valence-corrected chi connectivity index (χ3v) is 5.74. The molecule has 0 spiro atoms. The Balaban J connectivity index is 1.23. The van der Waals surface area contributed by atoms with Crippen LogP contribution in [0.1, 0.15) is 24.0 Å². The third kappa shape index (κ3) is 6.57. The molecule has 0 radical (unpaired) electrons. The van der Waals surface area contributed by atoms with Crippen molar-refractivity contribution in [3.05, 3.63) is 84.1 Å². The van der Waals surface area contributed by atoms with Crippen LogP contribution in [0.25, 0.3) is 0 Å². The summed E-state index contributed by atoms with van der Waals surface area (Å²) < 4.78 is 11.5. The van der Waals surface area contributed by atoms with E-state index >= 15 is 0 Å². The quantitative estimate of drug-likeness (QED) is 0.545. The summed E-state index contributed by atoms with van der Waals surface area (Å²) in [4.78, 5) is 31.3. The van der Waals surface area contributed by atoms with Gasteiger partial charge in [-0.1, -0.05) is 36.4 Å². The number of nitrogens with one attached hydrogen (secondary N) is 1. The number of benzene rings is 2. The summed E-state index contributed by atoms with van der Waals surface area (Å²) in [7, 11) is 0. The van der Waals surface area contributed by atoms with Crippen molar-refractivity contribution in [3.8, 4) is 11.5 Å². The van der Waals surface area contributed by atoms with Crippen molar-refractivity contribution in [2.45, 2.75) is 26.4 Å². The lowest BCUT2D eigenvalue weighted by atomic mass is 9.97. The second kappa shape index (κ2) is 11.3. The van der Waals surface area contributed by atoms with E-state index in [1.807, 2.05) is 55.5 Å². The average Bonchev–Trinajstić information content (AvgIpc) is 2.88. The molecule has 1 atom stereocenters. The van der Waals surface area contributed by atoms with E-state index in [1.165, 1.54) is 0 Å². The molecule has 4 rings (SSSR count). The third-order valence-electron chi connectivity index (χ3n) is 5.74. The zero-order chi connectivity index (χ0) is 23.8. The van der Waals surface area contributed by atoms with Gasteiger partial charge in [0.2, 0.25) is 5.91 Å². The highest BCUT2D eigenvalue weighted by Crippen LogP contribution is 2.21. The van der Waals surface area contributed by atoms with Gasteiger partial charge in [0.15, 0.2) is 6.61 Å². The van der Waals surface area contributed by atoms with E-state index in [9.17, 15) is 9.59 Å². The molecule has 1 fully saturated rings. The fraction of sp³-hybridized carbons (Fsp3) is 0.296. The van der Waals surface area contributed by atoms with Crippen LogP contribution in [0.3, 0.4) is 0 Å². The largest absolute Gasteiger partial charge is 0.489 e. The maximum absolute atomic E-state index is 12.7. The molecule has 3 aromatic rings. The van der Waals surface area contributed by atoms with E-state index in [2.05, 4.69) is 10.3 Å². The predicted molar refractivity (Wildman–Crippen MR) is 130 cm³/mol. The maximum Gasteiger partial charge on any atom is 0.260 e. The zero-order valence-corrected chi connectivity index (χ0v) is 19.3. The molecule has 2 heterocycles. The molecule has 1 aliphatic heterocycles. The van der Waals surface area contributed by atoms with Crippen molar-refractivity contribution in [2.75, 3.05) is 25.0 Å². The minimum absolute atomic E-state index is 0.0714. The number of aromatic nitrogens is 1. The van der Waals surface area contributed by atoms with E-state index in [1.54, 1.807) is 29.3 Å². The van der Waals surface area contributed by atoms with Crippen LogP contribution in [0, 0.1) is 12.8 Å². The van der Waals surface area contributed by atoms with Crippen molar-refractivity contribution in [3.63, 3.8) is 0 Å². The summed E-state index contributed by atoms with van der Waals surface area (Å²) in [5.74, 6) is 1.35. The summed E-state index contributed by atoms with van der Waals surface area (Å²) in [6, 6.07) is 20.8. The molecule has 7 nitrogen and oxygen atoms in total. The molecule has 2 aromatic carbocycles. The molecular weight excluding hydrogens is 430 g/mol. The van der Waals surface area contributed by atoms with Gasteiger partial charge in [-0.25, -0.2) is 4.98 Å². The molecule has 1 saturated heterocycles. The first kappa shape index (κ1) is 23.3. The van der Waals surface area contributed by atoms with Crippen LogP contribution >= 0.6 is 0 Å². The number of anilines is 1. The first-order valence-corrected chi connectivity index (χ1v) is 11.5. The van der Waals surface area contributed by atoms with Gasteiger partial charge in [0, 0.05) is 19.3 Å². The van der Waals surface area contributed by atoms with Crippen LogP contribution in [0.2, 0.25) is 0 Å². The normalized spacial score (nSPS) is 15.4. The molecule has 0 unspecified atom stereocenters. The number of ether oxygens (including phenoxy) is 2. The van der Waals surface area contributed by atoms with Gasteiger partial charge in [-0.15, -0.1) is 0 Å². The Labute approximate surface area is 199 Å². The molecule has 176 valence electrons. The summed E-state index contributed by atoms with van der Waals surface area (Å²) in [5, 5.41) is 2.85. The number of nitrogens with zero attached hydrogens (tertiary/aromatic N) is 2. The number of piperidine rings is 1. The zero-order valence-electron chi connectivity index (χ0n) is 19.3. The van der Waals surface area contributed by atoms with E-state index in [-0.39, 0.29) is 24.3 Å². The topological polar surface area (TPSA) is 80.8 Å². The van der Waals surface area contributed by atoms with Crippen LogP contribution in [0.5, 0.6) is 11.5 Å². The highest BCUT2D eigenvalue weighted by Gasteiger charge is 2.28. The summed E-state index contributed by atoms with van der Waals surface area (Å²) in [6.45, 7) is 3.37. The average molecular weight is 460 g/mol. The van der Waals surface area contributed by atoms with Crippen molar-refractivity contribution < 1.29 is 19.1 Å². The highest BCUT2D eigenvalue weighted by atomic mass is 16.5. The number of carbonyl (C=O) groups excluding carboxylic acids is 2. The smallest absolute Gasteiger partial charge is 0.260 e.